The van der Waals surface area contributed by atoms with Gasteiger partial charge < -0.3 is 15.5 Å². The Morgan fingerprint density at radius 2 is 2.06 bits per heavy atom. The van der Waals surface area contributed by atoms with E-state index in [0.29, 0.717) is 12.5 Å². The molecule has 2 rings (SSSR count). The van der Waals surface area contributed by atoms with Crippen LogP contribution in [0.25, 0.3) is 0 Å². The zero-order chi connectivity index (χ0) is 12.8. The minimum Gasteiger partial charge on any atom is -0.467 e. The molecule has 2 aromatic rings. The van der Waals surface area contributed by atoms with Gasteiger partial charge in [0.25, 0.3) is 0 Å². The van der Waals surface area contributed by atoms with E-state index < -0.39 is 0 Å². The number of furan rings is 1. The second kappa shape index (κ2) is 5.91. The number of rotatable bonds is 4. The lowest BCUT2D eigenvalue weighted by atomic mass is 10.1. The van der Waals surface area contributed by atoms with E-state index in [1.807, 2.05) is 24.3 Å². The maximum atomic E-state index is 5.79. The summed E-state index contributed by atoms with van der Waals surface area (Å²) in [5, 5.41) is 3.04. The molecule has 1 heterocycles. The van der Waals surface area contributed by atoms with Crippen LogP contribution in [0.3, 0.4) is 0 Å². The van der Waals surface area contributed by atoms with Crippen LogP contribution < -0.4 is 11.1 Å². The van der Waals surface area contributed by atoms with Crippen LogP contribution in [-0.2, 0) is 13.0 Å². The molecule has 0 atom stereocenters. The van der Waals surface area contributed by atoms with Gasteiger partial charge in [-0.3, -0.25) is 0 Å². The number of hydrogen-bond donors (Lipinski definition) is 2. The SMILES string of the molecule is CCc1ccc(NC(N)=NCc2ccco2)cc1. The van der Waals surface area contributed by atoms with Crippen LogP contribution in [0.2, 0.25) is 0 Å². The van der Waals surface area contributed by atoms with E-state index in [4.69, 9.17) is 10.2 Å². The van der Waals surface area contributed by atoms with Crippen molar-refractivity contribution in [2.24, 2.45) is 10.7 Å². The van der Waals surface area contributed by atoms with E-state index in [1.54, 1.807) is 6.26 Å². The molecule has 0 unspecified atom stereocenters. The van der Waals surface area contributed by atoms with Gasteiger partial charge in [-0.25, -0.2) is 4.99 Å². The van der Waals surface area contributed by atoms with Crippen molar-refractivity contribution in [3.63, 3.8) is 0 Å². The molecule has 0 fully saturated rings. The van der Waals surface area contributed by atoms with Crippen LogP contribution in [0.15, 0.2) is 52.1 Å². The van der Waals surface area contributed by atoms with Crippen LogP contribution in [0.5, 0.6) is 0 Å². The monoisotopic (exact) mass is 243 g/mol. The number of benzene rings is 1. The highest BCUT2D eigenvalue weighted by Crippen LogP contribution is 2.09. The lowest BCUT2D eigenvalue weighted by Crippen LogP contribution is -2.22. The maximum Gasteiger partial charge on any atom is 0.193 e. The molecule has 18 heavy (non-hydrogen) atoms. The molecule has 0 radical (unpaired) electrons. The number of aryl methyl sites for hydroxylation is 1. The third-order valence-corrected chi connectivity index (χ3v) is 2.62. The average molecular weight is 243 g/mol. The fraction of sp³-hybridized carbons (Fsp3) is 0.214. The van der Waals surface area contributed by atoms with Gasteiger partial charge in [0.15, 0.2) is 5.96 Å². The molecule has 0 aliphatic heterocycles. The predicted octanol–water partition coefficient (Wildman–Crippen LogP) is 2.77. The molecule has 94 valence electrons. The van der Waals surface area contributed by atoms with E-state index in [9.17, 15) is 0 Å². The predicted molar refractivity (Wildman–Crippen MR) is 73.5 cm³/mol. The van der Waals surface area contributed by atoms with Crippen LogP contribution >= 0.6 is 0 Å². The first kappa shape index (κ1) is 12.2. The van der Waals surface area contributed by atoms with Gasteiger partial charge in [0.1, 0.15) is 12.3 Å². The van der Waals surface area contributed by atoms with Crippen molar-refractivity contribution in [2.75, 3.05) is 5.32 Å². The van der Waals surface area contributed by atoms with E-state index >= 15 is 0 Å². The van der Waals surface area contributed by atoms with Crippen LogP contribution in [0.4, 0.5) is 5.69 Å². The molecular formula is C14H17N3O. The second-order valence-corrected chi connectivity index (χ2v) is 3.96. The fourth-order valence-electron chi connectivity index (χ4n) is 1.58. The summed E-state index contributed by atoms with van der Waals surface area (Å²) in [5.41, 5.74) is 8.03. The number of hydrogen-bond acceptors (Lipinski definition) is 2. The number of aliphatic imine (C=N–C) groups is 1. The third kappa shape index (κ3) is 3.38. The van der Waals surface area contributed by atoms with Crippen LogP contribution in [-0.4, -0.2) is 5.96 Å². The lowest BCUT2D eigenvalue weighted by Gasteiger charge is -2.05. The molecule has 4 heteroatoms. The highest BCUT2D eigenvalue weighted by Gasteiger charge is 1.97. The number of guanidine groups is 1. The Bertz CT molecular complexity index is 500. The Kier molecular flexibility index (Phi) is 4.02. The van der Waals surface area contributed by atoms with Crippen LogP contribution in [0.1, 0.15) is 18.2 Å². The summed E-state index contributed by atoms with van der Waals surface area (Å²) in [6, 6.07) is 11.8. The smallest absolute Gasteiger partial charge is 0.193 e. The summed E-state index contributed by atoms with van der Waals surface area (Å²) in [6.07, 6.45) is 2.65. The molecular weight excluding hydrogens is 226 g/mol. The first-order valence-electron chi connectivity index (χ1n) is 5.96. The van der Waals surface area contributed by atoms with Gasteiger partial charge in [-0.2, -0.15) is 0 Å². The second-order valence-electron chi connectivity index (χ2n) is 3.96. The van der Waals surface area contributed by atoms with Gasteiger partial charge in [0.05, 0.1) is 6.26 Å². The van der Waals surface area contributed by atoms with Crippen molar-refractivity contribution in [1.29, 1.82) is 0 Å². The zero-order valence-corrected chi connectivity index (χ0v) is 10.4. The number of nitrogens with two attached hydrogens (primary N) is 1. The molecule has 0 aliphatic rings. The average Bonchev–Trinajstić information content (AvgIpc) is 2.90. The Morgan fingerprint density at radius 3 is 2.67 bits per heavy atom. The molecule has 1 aromatic carbocycles. The summed E-state index contributed by atoms with van der Waals surface area (Å²) < 4.78 is 5.17. The largest absolute Gasteiger partial charge is 0.467 e. The Hall–Kier alpha value is -2.23. The Labute approximate surface area is 107 Å². The molecule has 3 N–H and O–H groups in total. The molecule has 4 nitrogen and oxygen atoms in total. The molecule has 0 amide bonds. The van der Waals surface area contributed by atoms with Gasteiger partial charge in [0.2, 0.25) is 0 Å². The number of nitrogens with one attached hydrogen (secondary N) is 1. The Balaban J connectivity index is 1.93. The Morgan fingerprint density at radius 1 is 1.28 bits per heavy atom. The van der Waals surface area contributed by atoms with Crippen LogP contribution in [0, 0.1) is 0 Å². The standard InChI is InChI=1S/C14H17N3O/c1-2-11-5-7-12(8-6-11)17-14(15)16-10-13-4-3-9-18-13/h3-9H,2,10H2,1H3,(H3,15,16,17). The quantitative estimate of drug-likeness (QED) is 0.641. The first-order valence-corrected chi connectivity index (χ1v) is 5.96. The van der Waals surface area contributed by atoms with Crippen molar-refractivity contribution in [2.45, 2.75) is 19.9 Å². The topological polar surface area (TPSA) is 63.5 Å². The summed E-state index contributed by atoms with van der Waals surface area (Å²) in [5.74, 6) is 1.18. The van der Waals surface area contributed by atoms with Crippen molar-refractivity contribution in [3.05, 3.63) is 54.0 Å². The molecule has 1 aromatic heterocycles. The molecule has 0 saturated carbocycles. The highest BCUT2D eigenvalue weighted by molar-refractivity contribution is 5.92. The van der Waals surface area contributed by atoms with Gasteiger partial charge in [-0.1, -0.05) is 19.1 Å². The first-order chi connectivity index (χ1) is 8.78. The highest BCUT2D eigenvalue weighted by atomic mass is 16.3. The van der Waals surface area contributed by atoms with Crippen molar-refractivity contribution in [3.8, 4) is 0 Å². The van der Waals surface area contributed by atoms with Gasteiger partial charge >= 0.3 is 0 Å². The summed E-state index contributed by atoms with van der Waals surface area (Å²) in [4.78, 5) is 4.19. The summed E-state index contributed by atoms with van der Waals surface area (Å²) in [7, 11) is 0. The molecule has 0 bridgehead atoms. The van der Waals surface area contributed by atoms with E-state index in [0.717, 1.165) is 17.9 Å². The van der Waals surface area contributed by atoms with E-state index in [-0.39, 0.29) is 0 Å². The minimum atomic E-state index is 0.385. The lowest BCUT2D eigenvalue weighted by molar-refractivity contribution is 0.513. The number of nitrogens with zero attached hydrogens (tertiary/aromatic N) is 1. The van der Waals surface area contributed by atoms with Crippen molar-refractivity contribution >= 4 is 11.6 Å². The van der Waals surface area contributed by atoms with E-state index in [2.05, 4.69) is 29.4 Å². The minimum absolute atomic E-state index is 0.385. The maximum absolute atomic E-state index is 5.79. The molecule has 0 aliphatic carbocycles. The van der Waals surface area contributed by atoms with Gasteiger partial charge in [-0.05, 0) is 36.2 Å². The van der Waals surface area contributed by atoms with Crippen molar-refractivity contribution in [1.82, 2.24) is 0 Å². The third-order valence-electron chi connectivity index (χ3n) is 2.62. The van der Waals surface area contributed by atoms with Gasteiger partial charge in [-0.15, -0.1) is 0 Å². The zero-order valence-electron chi connectivity index (χ0n) is 10.4. The fourth-order valence-corrected chi connectivity index (χ4v) is 1.58. The van der Waals surface area contributed by atoms with Crippen molar-refractivity contribution < 1.29 is 4.42 Å². The molecule has 0 spiro atoms. The van der Waals surface area contributed by atoms with E-state index in [1.165, 1.54) is 5.56 Å². The number of anilines is 1. The van der Waals surface area contributed by atoms with Gasteiger partial charge in [0, 0.05) is 5.69 Å². The summed E-state index contributed by atoms with van der Waals surface area (Å²) >= 11 is 0. The normalized spacial score (nSPS) is 11.5. The molecule has 0 saturated heterocycles. The summed E-state index contributed by atoms with van der Waals surface area (Å²) in [6.45, 7) is 2.57.